The van der Waals surface area contributed by atoms with Gasteiger partial charge in [-0.15, -0.1) is 0 Å². The maximum Gasteiger partial charge on any atom is 0.341 e. The number of methoxy groups -OCH3 is 1. The normalized spacial score (nSPS) is 23.0. The molecule has 2 aliphatic heterocycles. The lowest BCUT2D eigenvalue weighted by Gasteiger charge is -2.40. The number of nitrogens with zero attached hydrogens (tertiary/aromatic N) is 1. The van der Waals surface area contributed by atoms with Gasteiger partial charge in [-0.2, -0.15) is 0 Å². The number of hydrogen-bond acceptors (Lipinski definition) is 7. The molecule has 0 radical (unpaired) electrons. The Bertz CT molecular complexity index is 1330. The molecule has 3 aliphatic rings. The van der Waals surface area contributed by atoms with Crippen LogP contribution in [0.4, 0.5) is 5.69 Å². The van der Waals surface area contributed by atoms with Crippen molar-refractivity contribution in [2.75, 3.05) is 25.2 Å². The summed E-state index contributed by atoms with van der Waals surface area (Å²) < 4.78 is 16.6. The first-order chi connectivity index (χ1) is 17.4. The molecule has 2 unspecified atom stereocenters. The van der Waals surface area contributed by atoms with Crippen LogP contribution < -0.4 is 15.4 Å². The fourth-order valence-corrected chi connectivity index (χ4v) is 5.70. The number of nitrogens with two attached hydrogens (primary N) is 1. The maximum atomic E-state index is 14.2. The van der Waals surface area contributed by atoms with Crippen LogP contribution in [0.1, 0.15) is 43.7 Å². The lowest BCUT2D eigenvalue weighted by Crippen LogP contribution is -2.51. The third-order valence-electron chi connectivity index (χ3n) is 7.20. The number of esters is 1. The van der Waals surface area contributed by atoms with E-state index in [9.17, 15) is 14.4 Å². The van der Waals surface area contributed by atoms with Crippen molar-refractivity contribution < 1.29 is 28.6 Å². The van der Waals surface area contributed by atoms with Crippen LogP contribution in [0.2, 0.25) is 0 Å². The predicted octanol–water partition coefficient (Wildman–Crippen LogP) is 3.46. The summed E-state index contributed by atoms with van der Waals surface area (Å²) in [6.07, 6.45) is 0.515. The van der Waals surface area contributed by atoms with Gasteiger partial charge in [-0.05, 0) is 43.5 Å². The van der Waals surface area contributed by atoms with Gasteiger partial charge in [-0.1, -0.05) is 30.3 Å². The molecule has 0 bridgehead atoms. The van der Waals surface area contributed by atoms with E-state index in [2.05, 4.69) is 0 Å². The van der Waals surface area contributed by atoms with E-state index in [1.165, 1.54) is 0 Å². The van der Waals surface area contributed by atoms with Crippen LogP contribution in [0.25, 0.3) is 0 Å². The van der Waals surface area contributed by atoms with Crippen LogP contribution in [0.15, 0.2) is 71.3 Å². The van der Waals surface area contributed by atoms with Crippen LogP contribution >= 0.6 is 0 Å². The number of likely N-dealkylation sites (N-methyl/N-ethyl adjacent to an activating group) is 1. The number of carbonyl (C=O) groups excluding carboxylic acids is 3. The molecule has 1 amide bonds. The highest BCUT2D eigenvalue weighted by molar-refractivity contribution is 6.23. The number of para-hydroxylation sites is 1. The molecule has 0 saturated heterocycles. The van der Waals surface area contributed by atoms with Gasteiger partial charge in [0.25, 0.3) is 0 Å². The highest BCUT2D eigenvalue weighted by Crippen LogP contribution is 2.57. The molecule has 2 atom stereocenters. The second-order valence-electron chi connectivity index (χ2n) is 8.98. The smallest absolute Gasteiger partial charge is 0.341 e. The SMILES string of the molecule is CCOC(=O)C1=C(N)OC2=C(C(=O)CC(c3ccc(OC)cc3)C2)C12C(=O)N(CC)c1ccccc12. The van der Waals surface area contributed by atoms with E-state index in [1.54, 1.807) is 31.1 Å². The molecular formula is C28H28N2O6. The Balaban J connectivity index is 1.72. The van der Waals surface area contributed by atoms with Gasteiger partial charge in [0.1, 0.15) is 22.5 Å². The van der Waals surface area contributed by atoms with Gasteiger partial charge >= 0.3 is 5.97 Å². The summed E-state index contributed by atoms with van der Waals surface area (Å²) in [6, 6.07) is 14.7. The largest absolute Gasteiger partial charge is 0.497 e. The molecule has 186 valence electrons. The first kappa shape index (κ1) is 23.7. The summed E-state index contributed by atoms with van der Waals surface area (Å²) >= 11 is 0. The van der Waals surface area contributed by atoms with Crippen molar-refractivity contribution in [2.24, 2.45) is 5.73 Å². The molecule has 2 aromatic rings. The highest BCUT2D eigenvalue weighted by atomic mass is 16.5. The minimum atomic E-state index is -1.71. The molecule has 0 saturated carbocycles. The number of anilines is 1. The molecular weight excluding hydrogens is 460 g/mol. The van der Waals surface area contributed by atoms with Crippen molar-refractivity contribution in [2.45, 2.75) is 38.0 Å². The number of hydrogen-bond donors (Lipinski definition) is 1. The molecule has 0 aromatic heterocycles. The second-order valence-corrected chi connectivity index (χ2v) is 8.98. The zero-order valence-corrected chi connectivity index (χ0v) is 20.5. The number of ketones is 1. The lowest BCUT2D eigenvalue weighted by atomic mass is 9.63. The number of amides is 1. The fourth-order valence-electron chi connectivity index (χ4n) is 5.70. The zero-order chi connectivity index (χ0) is 25.6. The minimum absolute atomic E-state index is 0.0818. The Morgan fingerprint density at radius 3 is 2.50 bits per heavy atom. The first-order valence-electron chi connectivity index (χ1n) is 12.1. The minimum Gasteiger partial charge on any atom is -0.497 e. The van der Waals surface area contributed by atoms with Gasteiger partial charge in [0.15, 0.2) is 5.78 Å². The molecule has 0 fully saturated rings. The third-order valence-corrected chi connectivity index (χ3v) is 7.20. The van der Waals surface area contributed by atoms with E-state index < -0.39 is 17.3 Å². The average Bonchev–Trinajstić information content (AvgIpc) is 3.11. The molecule has 8 nitrogen and oxygen atoms in total. The topological polar surface area (TPSA) is 108 Å². The molecule has 2 heterocycles. The van der Waals surface area contributed by atoms with Crippen molar-refractivity contribution in [3.8, 4) is 5.75 Å². The second kappa shape index (κ2) is 8.86. The van der Waals surface area contributed by atoms with Crippen LogP contribution in [-0.4, -0.2) is 37.9 Å². The summed E-state index contributed by atoms with van der Waals surface area (Å²) in [7, 11) is 1.60. The Morgan fingerprint density at radius 1 is 1.11 bits per heavy atom. The summed E-state index contributed by atoms with van der Waals surface area (Å²) in [6.45, 7) is 3.96. The number of fused-ring (bicyclic) bond motifs is 3. The Hall–Kier alpha value is -4.07. The number of benzene rings is 2. The quantitative estimate of drug-likeness (QED) is 0.642. The number of Topliss-reactive ketones (excluding diaryl/α,β-unsaturated/α-hetero) is 1. The van der Waals surface area contributed by atoms with E-state index in [0.29, 0.717) is 35.7 Å². The fraction of sp³-hybridized carbons (Fsp3) is 0.321. The maximum absolute atomic E-state index is 14.2. The summed E-state index contributed by atoms with van der Waals surface area (Å²) in [4.78, 5) is 43.0. The standard InChI is InChI=1S/C28H28N2O6/c1-4-30-20-9-7-6-8-19(20)28(27(30)33)23-21(31)14-17(16-10-12-18(34-3)13-11-16)15-22(23)36-25(29)24(28)26(32)35-5-2/h6-13,17H,4-5,14-15,29H2,1-3H3. The van der Waals surface area contributed by atoms with E-state index in [4.69, 9.17) is 19.9 Å². The molecule has 2 aromatic carbocycles. The van der Waals surface area contributed by atoms with Crippen molar-refractivity contribution in [3.63, 3.8) is 0 Å². The van der Waals surface area contributed by atoms with E-state index in [0.717, 1.165) is 5.56 Å². The van der Waals surface area contributed by atoms with Gasteiger partial charge in [0, 0.05) is 30.6 Å². The van der Waals surface area contributed by atoms with Crippen LogP contribution in [0.3, 0.4) is 0 Å². The number of carbonyl (C=O) groups is 3. The van der Waals surface area contributed by atoms with E-state index in [-0.39, 0.29) is 41.8 Å². The molecule has 8 heteroatoms. The molecule has 2 N–H and O–H groups in total. The van der Waals surface area contributed by atoms with Gasteiger partial charge in [0.05, 0.1) is 19.3 Å². The van der Waals surface area contributed by atoms with E-state index >= 15 is 0 Å². The third kappa shape index (κ3) is 3.24. The Labute approximate surface area is 209 Å². The first-order valence-corrected chi connectivity index (χ1v) is 12.1. The Morgan fingerprint density at radius 2 is 1.83 bits per heavy atom. The van der Waals surface area contributed by atoms with Crippen molar-refractivity contribution in [1.29, 1.82) is 0 Å². The molecule has 36 heavy (non-hydrogen) atoms. The average molecular weight is 489 g/mol. The summed E-state index contributed by atoms with van der Waals surface area (Å²) in [5, 5.41) is 0. The Kier molecular flexibility index (Phi) is 5.82. The predicted molar refractivity (Wildman–Crippen MR) is 132 cm³/mol. The van der Waals surface area contributed by atoms with E-state index in [1.807, 2.05) is 43.3 Å². The highest BCUT2D eigenvalue weighted by Gasteiger charge is 2.64. The lowest BCUT2D eigenvalue weighted by molar-refractivity contribution is -0.141. The summed E-state index contributed by atoms with van der Waals surface area (Å²) in [5.74, 6) is -0.780. The van der Waals surface area contributed by atoms with Crippen molar-refractivity contribution in [3.05, 3.63) is 82.4 Å². The van der Waals surface area contributed by atoms with Gasteiger partial charge in [-0.25, -0.2) is 4.79 Å². The van der Waals surface area contributed by atoms with Gasteiger partial charge in [0.2, 0.25) is 11.8 Å². The molecule has 5 rings (SSSR count). The number of rotatable bonds is 5. The van der Waals surface area contributed by atoms with Gasteiger partial charge < -0.3 is 24.8 Å². The van der Waals surface area contributed by atoms with Crippen LogP contribution in [0, 0.1) is 0 Å². The molecule has 1 spiro atoms. The number of ether oxygens (including phenoxy) is 3. The zero-order valence-electron chi connectivity index (χ0n) is 20.5. The van der Waals surface area contributed by atoms with Crippen molar-refractivity contribution >= 4 is 23.3 Å². The monoisotopic (exact) mass is 488 g/mol. The molecule has 1 aliphatic carbocycles. The van der Waals surface area contributed by atoms with Crippen molar-refractivity contribution in [1.82, 2.24) is 0 Å². The number of allylic oxidation sites excluding steroid dienone is 1. The van der Waals surface area contributed by atoms with Crippen LogP contribution in [0.5, 0.6) is 5.75 Å². The van der Waals surface area contributed by atoms with Gasteiger partial charge in [-0.3, -0.25) is 9.59 Å². The van der Waals surface area contributed by atoms with Crippen LogP contribution in [-0.2, 0) is 29.3 Å². The summed E-state index contributed by atoms with van der Waals surface area (Å²) in [5.41, 5.74) is 6.83.